The van der Waals surface area contributed by atoms with Gasteiger partial charge in [-0.1, -0.05) is 39.8 Å². The van der Waals surface area contributed by atoms with E-state index in [0.29, 0.717) is 11.5 Å². The lowest BCUT2D eigenvalue weighted by molar-refractivity contribution is -0.144. The highest BCUT2D eigenvalue weighted by Crippen LogP contribution is 2.15. The van der Waals surface area contributed by atoms with E-state index in [1.165, 1.54) is 12.7 Å². The van der Waals surface area contributed by atoms with Gasteiger partial charge >= 0.3 is 5.97 Å². The van der Waals surface area contributed by atoms with E-state index in [0.717, 1.165) is 0 Å². The maximum atomic E-state index is 12.1. The Morgan fingerprint density at radius 3 is 2.00 bits per heavy atom. The first-order chi connectivity index (χ1) is 9.36. The van der Waals surface area contributed by atoms with E-state index in [2.05, 4.69) is 19.2 Å². The van der Waals surface area contributed by atoms with E-state index < -0.39 is 12.0 Å². The number of carbonyl (C=O) groups is 2. The highest BCUT2D eigenvalue weighted by molar-refractivity contribution is 5.96. The fraction of sp³-hybridized carbons (Fsp3) is 0.500. The molecule has 1 aromatic carbocycles. The molecule has 1 rings (SSSR count). The molecule has 0 saturated carbocycles. The Morgan fingerprint density at radius 1 is 1.05 bits per heavy atom. The van der Waals surface area contributed by atoms with Crippen molar-refractivity contribution in [1.82, 2.24) is 5.32 Å². The summed E-state index contributed by atoms with van der Waals surface area (Å²) in [6.07, 6.45) is 0. The van der Waals surface area contributed by atoms with E-state index in [4.69, 9.17) is 4.74 Å². The van der Waals surface area contributed by atoms with E-state index >= 15 is 0 Å². The molecule has 0 aromatic heterocycles. The lowest BCUT2D eigenvalue weighted by atomic mass is 10.0. The summed E-state index contributed by atoms with van der Waals surface area (Å²) < 4.78 is 4.71. The van der Waals surface area contributed by atoms with Gasteiger partial charge in [-0.2, -0.15) is 0 Å². The fourth-order valence-corrected chi connectivity index (χ4v) is 1.87. The van der Waals surface area contributed by atoms with Crippen LogP contribution in [-0.2, 0) is 9.53 Å². The van der Waals surface area contributed by atoms with Crippen molar-refractivity contribution in [2.45, 2.75) is 39.7 Å². The average Bonchev–Trinajstić information content (AvgIpc) is 2.43. The van der Waals surface area contributed by atoms with E-state index in [-0.39, 0.29) is 11.8 Å². The van der Waals surface area contributed by atoms with Crippen molar-refractivity contribution in [2.24, 2.45) is 5.92 Å². The molecular formula is C16H23NO3. The van der Waals surface area contributed by atoms with Gasteiger partial charge in [0, 0.05) is 5.56 Å². The quantitative estimate of drug-likeness (QED) is 0.842. The minimum absolute atomic E-state index is 0.0265. The molecule has 0 aliphatic carbocycles. The molecule has 4 heteroatoms. The second-order valence-electron chi connectivity index (χ2n) is 5.50. The Kier molecular flexibility index (Phi) is 5.74. The molecule has 0 heterocycles. The standard InChI is InChI=1S/C16H23NO3/c1-10(2)12-6-8-13(9-7-12)15(18)17-14(11(3)4)16(19)20-5/h6-11,14H,1-5H3,(H,17,18). The van der Waals surface area contributed by atoms with Crippen LogP contribution in [0.3, 0.4) is 0 Å². The summed E-state index contributed by atoms with van der Waals surface area (Å²) in [6, 6.07) is 6.79. The lowest BCUT2D eigenvalue weighted by Gasteiger charge is -2.19. The molecule has 1 N–H and O–H groups in total. The summed E-state index contributed by atoms with van der Waals surface area (Å²) in [6.45, 7) is 7.93. The minimum Gasteiger partial charge on any atom is -0.467 e. The van der Waals surface area contributed by atoms with Crippen molar-refractivity contribution in [3.63, 3.8) is 0 Å². The van der Waals surface area contributed by atoms with Crippen LogP contribution in [0.4, 0.5) is 0 Å². The molecule has 4 nitrogen and oxygen atoms in total. The van der Waals surface area contributed by atoms with Crippen LogP contribution in [0, 0.1) is 5.92 Å². The molecule has 0 aliphatic heterocycles. The second kappa shape index (κ2) is 7.08. The second-order valence-corrected chi connectivity index (χ2v) is 5.50. The number of methoxy groups -OCH3 is 1. The van der Waals surface area contributed by atoms with Crippen molar-refractivity contribution in [2.75, 3.05) is 7.11 Å². The van der Waals surface area contributed by atoms with Crippen molar-refractivity contribution in [1.29, 1.82) is 0 Å². The molecule has 0 bridgehead atoms. The maximum Gasteiger partial charge on any atom is 0.328 e. The van der Waals surface area contributed by atoms with E-state index in [1.807, 2.05) is 26.0 Å². The molecule has 1 amide bonds. The van der Waals surface area contributed by atoms with Crippen molar-refractivity contribution in [3.05, 3.63) is 35.4 Å². The molecule has 1 unspecified atom stereocenters. The van der Waals surface area contributed by atoms with Crippen LogP contribution in [0.15, 0.2) is 24.3 Å². The summed E-state index contributed by atoms with van der Waals surface area (Å²) in [5.74, 6) is -0.288. The summed E-state index contributed by atoms with van der Waals surface area (Å²) in [7, 11) is 1.32. The molecule has 0 fully saturated rings. The van der Waals surface area contributed by atoms with Gasteiger partial charge in [-0.3, -0.25) is 4.79 Å². The van der Waals surface area contributed by atoms with Crippen molar-refractivity contribution >= 4 is 11.9 Å². The van der Waals surface area contributed by atoms with Gasteiger partial charge < -0.3 is 10.1 Å². The summed E-state index contributed by atoms with van der Waals surface area (Å²) in [5, 5.41) is 2.72. The molecule has 0 radical (unpaired) electrons. The zero-order valence-corrected chi connectivity index (χ0v) is 12.8. The molecule has 20 heavy (non-hydrogen) atoms. The van der Waals surface area contributed by atoms with Gasteiger partial charge in [0.15, 0.2) is 0 Å². The highest BCUT2D eigenvalue weighted by atomic mass is 16.5. The normalized spacial score (nSPS) is 12.3. The van der Waals surface area contributed by atoms with Crippen LogP contribution in [0.2, 0.25) is 0 Å². The van der Waals surface area contributed by atoms with Crippen LogP contribution in [-0.4, -0.2) is 25.0 Å². The predicted octanol–water partition coefficient (Wildman–Crippen LogP) is 2.74. The third kappa shape index (κ3) is 4.08. The van der Waals surface area contributed by atoms with Gasteiger partial charge in [0.25, 0.3) is 5.91 Å². The molecule has 0 saturated heterocycles. The SMILES string of the molecule is COC(=O)C(NC(=O)c1ccc(C(C)C)cc1)C(C)C. The molecule has 0 aliphatic rings. The first kappa shape index (κ1) is 16.2. The van der Waals surface area contributed by atoms with Crippen LogP contribution in [0.1, 0.15) is 49.5 Å². The largest absolute Gasteiger partial charge is 0.467 e. The summed E-state index contributed by atoms with van der Waals surface area (Å²) in [4.78, 5) is 23.8. The van der Waals surface area contributed by atoms with Gasteiger partial charge in [0.2, 0.25) is 0 Å². The number of amides is 1. The minimum atomic E-state index is -0.628. The first-order valence-electron chi connectivity index (χ1n) is 6.85. The van der Waals surface area contributed by atoms with Crippen LogP contribution < -0.4 is 5.32 Å². The predicted molar refractivity (Wildman–Crippen MR) is 78.6 cm³/mol. The van der Waals surface area contributed by atoms with E-state index in [9.17, 15) is 9.59 Å². The van der Waals surface area contributed by atoms with Crippen molar-refractivity contribution in [3.8, 4) is 0 Å². The Hall–Kier alpha value is -1.84. The third-order valence-corrected chi connectivity index (χ3v) is 3.25. The maximum absolute atomic E-state index is 12.1. The molecule has 0 spiro atoms. The Bertz CT molecular complexity index is 463. The topological polar surface area (TPSA) is 55.4 Å². The first-order valence-corrected chi connectivity index (χ1v) is 6.85. The zero-order chi connectivity index (χ0) is 15.3. The van der Waals surface area contributed by atoms with Crippen LogP contribution >= 0.6 is 0 Å². The van der Waals surface area contributed by atoms with Gasteiger partial charge in [0.1, 0.15) is 6.04 Å². The smallest absolute Gasteiger partial charge is 0.328 e. The van der Waals surface area contributed by atoms with Gasteiger partial charge in [-0.05, 0) is 29.5 Å². The number of hydrogen-bond acceptors (Lipinski definition) is 3. The molecule has 1 atom stereocenters. The number of nitrogens with one attached hydrogen (secondary N) is 1. The number of ether oxygens (including phenoxy) is 1. The Morgan fingerprint density at radius 2 is 1.60 bits per heavy atom. The van der Waals surface area contributed by atoms with Crippen LogP contribution in [0.25, 0.3) is 0 Å². The Balaban J connectivity index is 2.81. The number of carbonyl (C=O) groups excluding carboxylic acids is 2. The lowest BCUT2D eigenvalue weighted by Crippen LogP contribution is -2.45. The summed E-state index contributed by atoms with van der Waals surface area (Å²) in [5.41, 5.74) is 1.72. The van der Waals surface area contributed by atoms with Gasteiger partial charge in [-0.15, -0.1) is 0 Å². The van der Waals surface area contributed by atoms with Crippen molar-refractivity contribution < 1.29 is 14.3 Å². The monoisotopic (exact) mass is 277 g/mol. The number of benzene rings is 1. The van der Waals surface area contributed by atoms with Gasteiger partial charge in [-0.25, -0.2) is 4.79 Å². The molecule has 1 aromatic rings. The van der Waals surface area contributed by atoms with E-state index in [1.54, 1.807) is 12.1 Å². The summed E-state index contributed by atoms with van der Waals surface area (Å²) >= 11 is 0. The number of esters is 1. The highest BCUT2D eigenvalue weighted by Gasteiger charge is 2.25. The zero-order valence-electron chi connectivity index (χ0n) is 12.8. The molecule has 110 valence electrons. The average molecular weight is 277 g/mol. The molecular weight excluding hydrogens is 254 g/mol. The number of hydrogen-bond donors (Lipinski definition) is 1. The Labute approximate surface area is 120 Å². The number of rotatable bonds is 5. The third-order valence-electron chi connectivity index (χ3n) is 3.25. The van der Waals surface area contributed by atoms with Crippen LogP contribution in [0.5, 0.6) is 0 Å². The van der Waals surface area contributed by atoms with Gasteiger partial charge in [0.05, 0.1) is 7.11 Å². The fourth-order valence-electron chi connectivity index (χ4n) is 1.87.